The highest BCUT2D eigenvalue weighted by molar-refractivity contribution is 5.94. The van der Waals surface area contributed by atoms with Gasteiger partial charge < -0.3 is 20.9 Å². The van der Waals surface area contributed by atoms with E-state index in [1.165, 1.54) is 0 Å². The lowest BCUT2D eigenvalue weighted by Crippen LogP contribution is -2.35. The maximum Gasteiger partial charge on any atom is 0.338 e. The number of aliphatic hydroxyl groups is 1. The third-order valence-corrected chi connectivity index (χ3v) is 3.30. The molecule has 1 aromatic carbocycles. The Morgan fingerprint density at radius 3 is 2.95 bits per heavy atom. The van der Waals surface area contributed by atoms with Gasteiger partial charge in [-0.25, -0.2) is 4.79 Å². The number of ether oxygens (including phenoxy) is 1. The van der Waals surface area contributed by atoms with E-state index in [1.54, 1.807) is 12.1 Å². The minimum Gasteiger partial charge on any atom is -0.457 e. The lowest BCUT2D eigenvalue weighted by molar-refractivity contribution is -0.124. The number of aliphatic hydroxyl groups excluding tert-OH is 1. The molecule has 0 saturated heterocycles. The quantitative estimate of drug-likeness (QED) is 0.652. The topological polar surface area (TPSA) is 102 Å². The van der Waals surface area contributed by atoms with Crippen LogP contribution in [0.1, 0.15) is 33.1 Å². The fourth-order valence-electron chi connectivity index (χ4n) is 2.25. The molecule has 1 aliphatic heterocycles. The van der Waals surface area contributed by atoms with E-state index >= 15 is 0 Å². The predicted molar refractivity (Wildman–Crippen MR) is 67.3 cm³/mol. The first kappa shape index (κ1) is 13.5. The Morgan fingerprint density at radius 1 is 1.58 bits per heavy atom. The van der Waals surface area contributed by atoms with E-state index in [9.17, 15) is 9.59 Å². The second kappa shape index (κ2) is 5.38. The van der Waals surface area contributed by atoms with Gasteiger partial charge >= 0.3 is 5.97 Å². The molecule has 102 valence electrons. The van der Waals surface area contributed by atoms with Gasteiger partial charge in [-0.05, 0) is 24.1 Å². The number of hydrogen-bond donors (Lipinski definition) is 3. The molecule has 0 radical (unpaired) electrons. The molecule has 1 atom stereocenters. The van der Waals surface area contributed by atoms with Gasteiger partial charge in [0.1, 0.15) is 13.2 Å². The summed E-state index contributed by atoms with van der Waals surface area (Å²) in [5.74, 6) is -0.809. The molecular formula is C13H16N2O4. The molecule has 1 aliphatic rings. The van der Waals surface area contributed by atoms with E-state index in [0.29, 0.717) is 5.56 Å². The van der Waals surface area contributed by atoms with Crippen molar-refractivity contribution in [3.63, 3.8) is 0 Å². The zero-order valence-electron chi connectivity index (χ0n) is 10.6. The Bertz CT molecular complexity index is 528. The van der Waals surface area contributed by atoms with Crippen LogP contribution in [0.4, 0.5) is 0 Å². The second-order valence-electron chi connectivity index (χ2n) is 4.40. The Hall–Kier alpha value is -1.92. The number of rotatable bonds is 4. The number of nitrogens with one attached hydrogen (secondary N) is 1. The number of benzene rings is 1. The van der Waals surface area contributed by atoms with E-state index < -0.39 is 12.5 Å². The molecule has 0 aliphatic carbocycles. The van der Waals surface area contributed by atoms with Gasteiger partial charge in [-0.3, -0.25) is 4.79 Å². The minimum absolute atomic E-state index is 0.209. The highest BCUT2D eigenvalue weighted by Crippen LogP contribution is 2.28. The Kier molecular flexibility index (Phi) is 3.82. The molecule has 2 rings (SSSR count). The van der Waals surface area contributed by atoms with Crippen LogP contribution in [0.5, 0.6) is 0 Å². The van der Waals surface area contributed by atoms with Crippen molar-refractivity contribution in [1.82, 2.24) is 5.32 Å². The zero-order valence-corrected chi connectivity index (χ0v) is 10.6. The third kappa shape index (κ3) is 2.45. The Labute approximate surface area is 110 Å². The molecule has 0 fully saturated rings. The van der Waals surface area contributed by atoms with Gasteiger partial charge in [-0.2, -0.15) is 0 Å². The fraction of sp³-hybridized carbons (Fsp3) is 0.385. The van der Waals surface area contributed by atoms with Crippen molar-refractivity contribution >= 4 is 11.9 Å². The van der Waals surface area contributed by atoms with Gasteiger partial charge in [0.15, 0.2) is 0 Å². The van der Waals surface area contributed by atoms with Crippen LogP contribution in [-0.4, -0.2) is 30.1 Å². The van der Waals surface area contributed by atoms with Crippen LogP contribution >= 0.6 is 0 Å². The maximum absolute atomic E-state index is 11.4. The first-order valence-corrected chi connectivity index (χ1v) is 5.98. The van der Waals surface area contributed by atoms with Crippen LogP contribution < -0.4 is 11.1 Å². The van der Waals surface area contributed by atoms with Crippen LogP contribution in [0.3, 0.4) is 0 Å². The Balaban J connectivity index is 2.34. The third-order valence-electron chi connectivity index (χ3n) is 3.30. The molecular weight excluding hydrogens is 248 g/mol. The lowest BCUT2D eigenvalue weighted by Gasteiger charge is -2.20. The van der Waals surface area contributed by atoms with Gasteiger partial charge in [0.25, 0.3) is 0 Å². The average Bonchev–Trinajstić information content (AvgIpc) is 2.79. The molecule has 1 aromatic rings. The summed E-state index contributed by atoms with van der Waals surface area (Å²) >= 11 is 0. The van der Waals surface area contributed by atoms with Crippen molar-refractivity contribution < 1.29 is 19.4 Å². The summed E-state index contributed by atoms with van der Waals surface area (Å²) in [4.78, 5) is 22.7. The van der Waals surface area contributed by atoms with Crippen LogP contribution in [0.15, 0.2) is 12.1 Å². The molecule has 0 spiro atoms. The van der Waals surface area contributed by atoms with Crippen LogP contribution in [-0.2, 0) is 16.1 Å². The van der Waals surface area contributed by atoms with Crippen molar-refractivity contribution in [3.8, 4) is 0 Å². The standard InChI is InChI=1S/C13H16N2O4/c1-7-8(11(4-14)15-12(17)5-16)2-3-9-10(7)6-19-13(9)18/h2-3,11,16H,4-6,14H2,1H3,(H,15,17)/t11-/m0/s1. The normalized spacial score (nSPS) is 14.8. The first-order chi connectivity index (χ1) is 9.08. The number of amides is 1. The first-order valence-electron chi connectivity index (χ1n) is 5.98. The molecule has 1 amide bonds. The smallest absolute Gasteiger partial charge is 0.338 e. The molecule has 0 aromatic heterocycles. The summed E-state index contributed by atoms with van der Waals surface area (Å²) in [7, 11) is 0. The van der Waals surface area contributed by atoms with Crippen molar-refractivity contribution in [2.75, 3.05) is 13.2 Å². The largest absolute Gasteiger partial charge is 0.457 e. The highest BCUT2D eigenvalue weighted by Gasteiger charge is 2.26. The van der Waals surface area contributed by atoms with Crippen molar-refractivity contribution in [1.29, 1.82) is 0 Å². The molecule has 4 N–H and O–H groups in total. The van der Waals surface area contributed by atoms with E-state index in [4.69, 9.17) is 15.6 Å². The van der Waals surface area contributed by atoms with Crippen LogP contribution in [0.25, 0.3) is 0 Å². The molecule has 0 saturated carbocycles. The van der Waals surface area contributed by atoms with Gasteiger partial charge in [-0.1, -0.05) is 6.07 Å². The second-order valence-corrected chi connectivity index (χ2v) is 4.40. The van der Waals surface area contributed by atoms with Gasteiger partial charge in [0.05, 0.1) is 11.6 Å². The number of hydrogen-bond acceptors (Lipinski definition) is 5. The Morgan fingerprint density at radius 2 is 2.32 bits per heavy atom. The number of carbonyl (C=O) groups is 2. The van der Waals surface area contributed by atoms with Gasteiger partial charge in [0.2, 0.25) is 5.91 Å². The molecule has 0 bridgehead atoms. The zero-order chi connectivity index (χ0) is 14.0. The van der Waals surface area contributed by atoms with Gasteiger partial charge in [-0.15, -0.1) is 0 Å². The summed E-state index contributed by atoms with van der Waals surface area (Å²) < 4.78 is 4.98. The van der Waals surface area contributed by atoms with E-state index in [1.807, 2.05) is 6.92 Å². The molecule has 19 heavy (non-hydrogen) atoms. The monoisotopic (exact) mass is 264 g/mol. The number of esters is 1. The molecule has 0 unspecified atom stereocenters. The van der Waals surface area contributed by atoms with Crippen LogP contribution in [0, 0.1) is 6.92 Å². The van der Waals surface area contributed by atoms with E-state index in [2.05, 4.69) is 5.32 Å². The fourth-order valence-corrected chi connectivity index (χ4v) is 2.25. The molecule has 6 heteroatoms. The van der Waals surface area contributed by atoms with Crippen molar-refractivity contribution in [2.45, 2.75) is 19.6 Å². The average molecular weight is 264 g/mol. The number of carbonyl (C=O) groups excluding carboxylic acids is 2. The summed E-state index contributed by atoms with van der Waals surface area (Å²) in [6.07, 6.45) is 0. The lowest BCUT2D eigenvalue weighted by atomic mass is 9.94. The molecule has 6 nitrogen and oxygen atoms in total. The minimum atomic E-state index is -0.581. The molecule has 1 heterocycles. The van der Waals surface area contributed by atoms with Crippen LogP contribution in [0.2, 0.25) is 0 Å². The summed E-state index contributed by atoms with van der Waals surface area (Å²) in [5.41, 5.74) is 8.77. The summed E-state index contributed by atoms with van der Waals surface area (Å²) in [5, 5.41) is 11.4. The van der Waals surface area contributed by atoms with Crippen molar-refractivity contribution in [3.05, 3.63) is 34.4 Å². The predicted octanol–water partition coefficient (Wildman–Crippen LogP) is -0.226. The SMILES string of the molecule is Cc1c([C@H](CN)NC(=O)CO)ccc2c1COC2=O. The highest BCUT2D eigenvalue weighted by atomic mass is 16.5. The van der Waals surface area contributed by atoms with E-state index in [-0.39, 0.29) is 25.2 Å². The van der Waals surface area contributed by atoms with Gasteiger partial charge in [0, 0.05) is 12.1 Å². The summed E-state index contributed by atoms with van der Waals surface area (Å²) in [6, 6.07) is 3.05. The maximum atomic E-state index is 11.4. The summed E-state index contributed by atoms with van der Waals surface area (Å²) in [6.45, 7) is 1.74. The number of cyclic esters (lactones) is 1. The van der Waals surface area contributed by atoms with Crippen molar-refractivity contribution in [2.24, 2.45) is 5.73 Å². The van der Waals surface area contributed by atoms with E-state index in [0.717, 1.165) is 16.7 Å². The number of fused-ring (bicyclic) bond motifs is 1. The number of nitrogens with two attached hydrogens (primary N) is 1.